The van der Waals surface area contributed by atoms with Gasteiger partial charge in [-0.05, 0) is 39.8 Å². The second kappa shape index (κ2) is 7.33. The number of rotatable bonds is 6. The lowest BCUT2D eigenvalue weighted by Crippen LogP contribution is -2.16. The molecule has 0 amide bonds. The van der Waals surface area contributed by atoms with Crippen LogP contribution < -0.4 is 4.74 Å². The van der Waals surface area contributed by atoms with Gasteiger partial charge in [0.2, 0.25) is 0 Å². The second-order valence-electron chi connectivity index (χ2n) is 6.73. The van der Waals surface area contributed by atoms with E-state index >= 15 is 0 Å². The van der Waals surface area contributed by atoms with E-state index in [-0.39, 0.29) is 24.5 Å². The third-order valence-electron chi connectivity index (χ3n) is 3.91. The number of pyridine rings is 1. The van der Waals surface area contributed by atoms with Gasteiger partial charge in [-0.3, -0.25) is 0 Å². The molecule has 0 aliphatic carbocycles. The van der Waals surface area contributed by atoms with Crippen molar-refractivity contribution >= 4 is 27.8 Å². The number of hydrogen-bond donors (Lipinski definition) is 1. The number of esters is 1. The van der Waals surface area contributed by atoms with Crippen molar-refractivity contribution in [2.24, 2.45) is 0 Å². The highest BCUT2D eigenvalue weighted by atomic mass is 16.5. The van der Waals surface area contributed by atoms with Crippen molar-refractivity contribution in [1.29, 1.82) is 0 Å². The van der Waals surface area contributed by atoms with Crippen molar-refractivity contribution in [3.8, 4) is 5.75 Å². The highest BCUT2D eigenvalue weighted by Crippen LogP contribution is 2.36. The highest BCUT2D eigenvalue weighted by molar-refractivity contribution is 6.13. The Balaban J connectivity index is 2.31. The average Bonchev–Trinajstić information content (AvgIpc) is 2.94. The Morgan fingerprint density at radius 2 is 1.88 bits per heavy atom. The van der Waals surface area contributed by atoms with Gasteiger partial charge in [-0.15, -0.1) is 0 Å². The van der Waals surface area contributed by atoms with Crippen molar-refractivity contribution in [1.82, 2.24) is 9.97 Å². The Morgan fingerprint density at radius 1 is 1.12 bits per heavy atom. The van der Waals surface area contributed by atoms with Crippen molar-refractivity contribution < 1.29 is 19.0 Å². The van der Waals surface area contributed by atoms with Gasteiger partial charge in [-0.2, -0.15) is 0 Å². The first-order chi connectivity index (χ1) is 12.4. The summed E-state index contributed by atoms with van der Waals surface area (Å²) in [4.78, 5) is 20.2. The van der Waals surface area contributed by atoms with E-state index in [1.807, 2.05) is 45.9 Å². The van der Waals surface area contributed by atoms with Gasteiger partial charge >= 0.3 is 5.97 Å². The fraction of sp³-hybridized carbons (Fsp3) is 0.400. The molecule has 3 aromatic rings. The lowest BCUT2D eigenvalue weighted by molar-refractivity contribution is 0.0366. The first-order valence-corrected chi connectivity index (χ1v) is 8.71. The van der Waals surface area contributed by atoms with E-state index in [0.717, 1.165) is 27.6 Å². The Kier molecular flexibility index (Phi) is 5.13. The number of ether oxygens (including phenoxy) is 3. The van der Waals surface area contributed by atoms with Crippen molar-refractivity contribution in [3.05, 3.63) is 35.7 Å². The molecule has 0 fully saturated rings. The lowest BCUT2D eigenvalue weighted by Gasteiger charge is -2.14. The van der Waals surface area contributed by atoms with E-state index in [2.05, 4.69) is 9.97 Å². The minimum Gasteiger partial charge on any atom is -0.490 e. The number of nitrogens with zero attached hydrogens (tertiary/aromatic N) is 1. The molecule has 0 bridgehead atoms. The first kappa shape index (κ1) is 18.2. The van der Waals surface area contributed by atoms with E-state index in [0.29, 0.717) is 5.56 Å². The molecule has 0 aliphatic rings. The largest absolute Gasteiger partial charge is 0.490 e. The number of carbonyl (C=O) groups is 1. The zero-order chi connectivity index (χ0) is 18.8. The van der Waals surface area contributed by atoms with E-state index in [1.165, 1.54) is 0 Å². The van der Waals surface area contributed by atoms with Crippen LogP contribution in [-0.2, 0) is 16.1 Å². The van der Waals surface area contributed by atoms with Gasteiger partial charge < -0.3 is 19.2 Å². The number of H-pyrrole nitrogens is 1. The molecule has 6 heteroatoms. The molecular formula is C20H24N2O4. The Bertz CT molecular complexity index is 944. The van der Waals surface area contributed by atoms with Crippen LogP contribution >= 0.6 is 0 Å². The molecule has 0 radical (unpaired) electrons. The van der Waals surface area contributed by atoms with Crippen LogP contribution in [0.2, 0.25) is 0 Å². The van der Waals surface area contributed by atoms with Crippen LogP contribution in [-0.4, -0.2) is 35.3 Å². The summed E-state index contributed by atoms with van der Waals surface area (Å²) >= 11 is 0. The SMILES string of the molecule is COCc1c(C(=O)OC(C)C)ncc2[nH]c3cccc(OC(C)C)c3c12. The molecule has 6 nitrogen and oxygen atoms in total. The van der Waals surface area contributed by atoms with Gasteiger partial charge in [-0.25, -0.2) is 9.78 Å². The summed E-state index contributed by atoms with van der Waals surface area (Å²) in [5.74, 6) is 0.307. The number of methoxy groups -OCH3 is 1. The molecule has 0 unspecified atom stereocenters. The zero-order valence-corrected chi connectivity index (χ0v) is 15.8. The van der Waals surface area contributed by atoms with E-state index in [1.54, 1.807) is 13.3 Å². The fourth-order valence-corrected chi connectivity index (χ4v) is 3.05. The smallest absolute Gasteiger partial charge is 0.357 e. The number of carbonyl (C=O) groups excluding carboxylic acids is 1. The number of fused-ring (bicyclic) bond motifs is 3. The summed E-state index contributed by atoms with van der Waals surface area (Å²) in [6, 6.07) is 5.84. The van der Waals surface area contributed by atoms with Crippen molar-refractivity contribution in [2.45, 2.75) is 46.5 Å². The van der Waals surface area contributed by atoms with Gasteiger partial charge in [0.15, 0.2) is 5.69 Å². The molecule has 2 heterocycles. The molecule has 0 aliphatic heterocycles. The standard InChI is InChI=1S/C20H24N2O4/c1-11(2)25-16-8-6-7-14-18(16)17-13(10-24-5)19(20(23)26-12(3)4)21-9-15(17)22-14/h6-9,11-12,22H,10H2,1-5H3. The van der Waals surface area contributed by atoms with Crippen LogP contribution in [0.4, 0.5) is 0 Å². The maximum Gasteiger partial charge on any atom is 0.357 e. The molecule has 1 aromatic carbocycles. The summed E-state index contributed by atoms with van der Waals surface area (Å²) in [6.45, 7) is 7.84. The summed E-state index contributed by atoms with van der Waals surface area (Å²) in [5.41, 5.74) is 2.72. The van der Waals surface area contributed by atoms with E-state index < -0.39 is 5.97 Å². The highest BCUT2D eigenvalue weighted by Gasteiger charge is 2.22. The van der Waals surface area contributed by atoms with Crippen LogP contribution in [0, 0.1) is 0 Å². The molecule has 26 heavy (non-hydrogen) atoms. The van der Waals surface area contributed by atoms with Crippen LogP contribution in [0.3, 0.4) is 0 Å². The number of aromatic nitrogens is 2. The van der Waals surface area contributed by atoms with E-state index in [9.17, 15) is 4.79 Å². The summed E-state index contributed by atoms with van der Waals surface area (Å²) in [6.07, 6.45) is 1.46. The average molecular weight is 356 g/mol. The molecule has 2 aromatic heterocycles. The third-order valence-corrected chi connectivity index (χ3v) is 3.91. The van der Waals surface area contributed by atoms with Gasteiger partial charge in [0.1, 0.15) is 5.75 Å². The van der Waals surface area contributed by atoms with Gasteiger partial charge in [0.05, 0.1) is 36.0 Å². The minimum absolute atomic E-state index is 0.0311. The van der Waals surface area contributed by atoms with Gasteiger partial charge in [0, 0.05) is 23.4 Å². The van der Waals surface area contributed by atoms with Crippen LogP contribution in [0.15, 0.2) is 24.4 Å². The molecule has 1 N–H and O–H groups in total. The molecule has 0 atom stereocenters. The van der Waals surface area contributed by atoms with Gasteiger partial charge in [0.25, 0.3) is 0 Å². The Labute approximate surface area is 152 Å². The molecule has 0 saturated carbocycles. The van der Waals surface area contributed by atoms with Crippen molar-refractivity contribution in [3.63, 3.8) is 0 Å². The molecular weight excluding hydrogens is 332 g/mol. The summed E-state index contributed by atoms with van der Waals surface area (Å²) in [5, 5.41) is 1.80. The summed E-state index contributed by atoms with van der Waals surface area (Å²) in [7, 11) is 1.59. The van der Waals surface area contributed by atoms with Crippen LogP contribution in [0.25, 0.3) is 21.8 Å². The monoisotopic (exact) mass is 356 g/mol. The van der Waals surface area contributed by atoms with Crippen LogP contribution in [0.5, 0.6) is 5.75 Å². The van der Waals surface area contributed by atoms with E-state index in [4.69, 9.17) is 14.2 Å². The molecule has 138 valence electrons. The molecule has 0 saturated heterocycles. The maximum absolute atomic E-state index is 12.5. The lowest BCUT2D eigenvalue weighted by atomic mass is 10.0. The number of nitrogens with one attached hydrogen (secondary N) is 1. The third kappa shape index (κ3) is 3.37. The second-order valence-corrected chi connectivity index (χ2v) is 6.73. The fourth-order valence-electron chi connectivity index (χ4n) is 3.05. The van der Waals surface area contributed by atoms with Crippen molar-refractivity contribution in [2.75, 3.05) is 7.11 Å². The predicted octanol–water partition coefficient (Wildman–Crippen LogP) is 4.21. The molecule has 3 rings (SSSR count). The quantitative estimate of drug-likeness (QED) is 0.670. The zero-order valence-electron chi connectivity index (χ0n) is 15.8. The number of benzene rings is 1. The first-order valence-electron chi connectivity index (χ1n) is 8.71. The Morgan fingerprint density at radius 3 is 2.54 bits per heavy atom. The molecule has 0 spiro atoms. The predicted molar refractivity (Wildman–Crippen MR) is 101 cm³/mol. The summed E-state index contributed by atoms with van der Waals surface area (Å²) < 4.78 is 16.7. The number of hydrogen-bond acceptors (Lipinski definition) is 5. The Hall–Kier alpha value is -2.60. The maximum atomic E-state index is 12.5. The van der Waals surface area contributed by atoms with Gasteiger partial charge in [-0.1, -0.05) is 6.07 Å². The van der Waals surface area contributed by atoms with Crippen LogP contribution in [0.1, 0.15) is 43.7 Å². The normalized spacial score (nSPS) is 11.7. The minimum atomic E-state index is -0.453. The topological polar surface area (TPSA) is 73.4 Å². The number of aromatic amines is 1.